The monoisotopic (exact) mass is 642 g/mol. The highest BCUT2D eigenvalue weighted by atomic mass is 32.2. The van der Waals surface area contributed by atoms with Crippen molar-refractivity contribution in [3.63, 3.8) is 0 Å². The van der Waals surface area contributed by atoms with Gasteiger partial charge >= 0.3 is 0 Å². The molecular weight excluding hydrogens is 617 g/mol. The van der Waals surface area contributed by atoms with Crippen molar-refractivity contribution in [3.05, 3.63) is 135 Å². The Morgan fingerprint density at radius 3 is 2.54 bits per heavy atom. The van der Waals surface area contributed by atoms with Crippen LogP contribution in [0.2, 0.25) is 0 Å². The lowest BCUT2D eigenvalue weighted by Crippen LogP contribution is -2.53. The lowest BCUT2D eigenvalue weighted by molar-refractivity contribution is -0.121. The van der Waals surface area contributed by atoms with E-state index in [1.54, 1.807) is 35.2 Å². The largest absolute Gasteiger partial charge is 0.450 e. The van der Waals surface area contributed by atoms with Crippen molar-refractivity contribution in [1.29, 1.82) is 0 Å². The summed E-state index contributed by atoms with van der Waals surface area (Å²) in [6.07, 6.45) is 1.62. The molecule has 0 aliphatic carbocycles. The normalized spacial score (nSPS) is 17.0. The molecule has 0 saturated carbocycles. The number of rotatable bonds is 6. The lowest BCUT2D eigenvalue weighted by Gasteiger charge is -2.31. The van der Waals surface area contributed by atoms with Crippen molar-refractivity contribution in [1.82, 2.24) is 10.2 Å². The number of benzene rings is 4. The first kappa shape index (κ1) is 28.4. The second-order valence-electron chi connectivity index (χ2n) is 11.4. The first-order chi connectivity index (χ1) is 22.3. The molecule has 2 amide bonds. The number of aromatic nitrogens is 2. The zero-order valence-electron chi connectivity index (χ0n) is 24.9. The van der Waals surface area contributed by atoms with E-state index in [9.17, 15) is 14.4 Å². The van der Waals surface area contributed by atoms with E-state index in [0.29, 0.717) is 32.3 Å². The fraction of sp³-hybridized carbons (Fsp3) is 0.139. The fourth-order valence-electron chi connectivity index (χ4n) is 6.64. The number of aryl methyl sites for hydroxylation is 2. The molecule has 1 spiro atoms. The van der Waals surface area contributed by atoms with Crippen LogP contribution in [-0.2, 0) is 16.1 Å². The van der Waals surface area contributed by atoms with E-state index in [-0.39, 0.29) is 23.0 Å². The first-order valence-electron chi connectivity index (χ1n) is 14.7. The maximum absolute atomic E-state index is 14.8. The van der Waals surface area contributed by atoms with Gasteiger partial charge in [-0.3, -0.25) is 19.3 Å². The summed E-state index contributed by atoms with van der Waals surface area (Å²) >= 11 is 2.71. The smallest absolute Gasteiger partial charge is 0.297 e. The number of anilines is 2. The van der Waals surface area contributed by atoms with Gasteiger partial charge in [0.1, 0.15) is 5.58 Å². The Kier molecular flexibility index (Phi) is 6.49. The van der Waals surface area contributed by atoms with Crippen molar-refractivity contribution in [2.75, 3.05) is 16.3 Å². The zero-order chi connectivity index (χ0) is 31.7. The summed E-state index contributed by atoms with van der Waals surface area (Å²) in [7, 11) is 0. The molecule has 8 nitrogen and oxygen atoms in total. The lowest BCUT2D eigenvalue weighted by atomic mass is 9.84. The van der Waals surface area contributed by atoms with Crippen LogP contribution in [0.5, 0.6) is 0 Å². The Labute approximate surface area is 272 Å². The molecule has 226 valence electrons. The van der Waals surface area contributed by atoms with Crippen molar-refractivity contribution in [2.45, 2.75) is 29.5 Å². The Hall–Kier alpha value is -5.06. The summed E-state index contributed by atoms with van der Waals surface area (Å²) in [6.45, 7) is 7.87. The molecule has 1 atom stereocenters. The number of carbonyl (C=O) groups is 2. The van der Waals surface area contributed by atoms with E-state index in [1.165, 1.54) is 28.0 Å². The van der Waals surface area contributed by atoms with E-state index in [1.807, 2.05) is 44.2 Å². The summed E-state index contributed by atoms with van der Waals surface area (Å²) < 4.78 is 6.88. The molecule has 4 heterocycles. The quantitative estimate of drug-likeness (QED) is 0.108. The summed E-state index contributed by atoms with van der Waals surface area (Å²) in [6, 6.07) is 25.1. The van der Waals surface area contributed by atoms with Crippen molar-refractivity contribution in [2.24, 2.45) is 0 Å². The third kappa shape index (κ3) is 3.90. The number of hydrogen-bond donors (Lipinski definition) is 0. The van der Waals surface area contributed by atoms with Crippen LogP contribution in [0.4, 0.5) is 10.8 Å². The number of hydrogen-bond acceptors (Lipinski definition) is 8. The maximum atomic E-state index is 14.8. The molecule has 1 unspecified atom stereocenters. The van der Waals surface area contributed by atoms with Crippen LogP contribution in [0.3, 0.4) is 0 Å². The molecule has 4 aromatic carbocycles. The topological polar surface area (TPSA) is 96.6 Å². The molecule has 0 bridgehead atoms. The van der Waals surface area contributed by atoms with E-state index in [0.717, 1.165) is 27.5 Å². The van der Waals surface area contributed by atoms with Crippen LogP contribution >= 0.6 is 23.1 Å². The Morgan fingerprint density at radius 2 is 1.70 bits per heavy atom. The molecule has 2 aliphatic rings. The summed E-state index contributed by atoms with van der Waals surface area (Å²) in [4.78, 5) is 46.6. The van der Waals surface area contributed by atoms with Gasteiger partial charge in [0.25, 0.3) is 11.8 Å². The van der Waals surface area contributed by atoms with Gasteiger partial charge in [-0.2, -0.15) is 0 Å². The van der Waals surface area contributed by atoms with Gasteiger partial charge in [-0.15, -0.1) is 16.8 Å². The average Bonchev–Trinajstić information content (AvgIpc) is 3.70. The van der Waals surface area contributed by atoms with E-state index >= 15 is 0 Å². The summed E-state index contributed by atoms with van der Waals surface area (Å²) in [5.41, 5.74) is 2.11. The standard InChI is InChI=1S/C36H26N4O4S2/c1-4-16-39-27-15-8-7-14-26(27)36(33(39)43)29-30(41)25-17-20(2)21(3)18-28(25)44-31(29)32(42)40(36)34-37-38-35(46-34)45-19-23-12-9-11-22-10-5-6-13-24(22)23/h4-15,17-18H,1,16,19H2,2-3H3. The van der Waals surface area contributed by atoms with Gasteiger partial charge in [0.15, 0.2) is 15.3 Å². The highest BCUT2D eigenvalue weighted by Gasteiger charge is 2.66. The molecule has 8 rings (SSSR count). The highest BCUT2D eigenvalue weighted by molar-refractivity contribution is 8.00. The van der Waals surface area contributed by atoms with E-state index < -0.39 is 22.8 Å². The fourth-order valence-corrected chi connectivity index (χ4v) is 8.53. The molecule has 2 aliphatic heterocycles. The number of thioether (sulfide) groups is 1. The van der Waals surface area contributed by atoms with Crippen LogP contribution in [-0.4, -0.2) is 28.6 Å². The minimum absolute atomic E-state index is 0.00239. The highest BCUT2D eigenvalue weighted by Crippen LogP contribution is 2.54. The number of para-hydroxylation sites is 1. The molecule has 6 aromatic rings. The predicted octanol–water partition coefficient (Wildman–Crippen LogP) is 7.14. The van der Waals surface area contributed by atoms with Crippen LogP contribution in [0.25, 0.3) is 21.7 Å². The number of nitrogens with zero attached hydrogens (tertiary/aromatic N) is 4. The zero-order valence-corrected chi connectivity index (χ0v) is 26.6. The minimum Gasteiger partial charge on any atom is -0.450 e. The second kappa shape index (κ2) is 10.5. The van der Waals surface area contributed by atoms with E-state index in [2.05, 4.69) is 41.0 Å². The molecule has 10 heteroatoms. The molecule has 0 N–H and O–H groups in total. The van der Waals surface area contributed by atoms with Crippen LogP contribution < -0.4 is 15.2 Å². The third-order valence-electron chi connectivity index (χ3n) is 8.87. The van der Waals surface area contributed by atoms with Gasteiger partial charge in [-0.1, -0.05) is 89.8 Å². The van der Waals surface area contributed by atoms with Gasteiger partial charge in [-0.25, -0.2) is 0 Å². The first-order valence-corrected chi connectivity index (χ1v) is 16.5. The Morgan fingerprint density at radius 1 is 0.935 bits per heavy atom. The van der Waals surface area contributed by atoms with Gasteiger partial charge in [0, 0.05) is 17.9 Å². The Balaban J connectivity index is 1.30. The number of carbonyl (C=O) groups excluding carboxylic acids is 2. The third-order valence-corrected chi connectivity index (χ3v) is 11.0. The van der Waals surface area contributed by atoms with Crippen molar-refractivity contribution >= 4 is 67.5 Å². The summed E-state index contributed by atoms with van der Waals surface area (Å²) in [5, 5.41) is 11.7. The number of fused-ring (bicyclic) bond motifs is 6. The van der Waals surface area contributed by atoms with Crippen LogP contribution in [0.1, 0.15) is 38.4 Å². The number of amides is 2. The average molecular weight is 643 g/mol. The molecule has 0 saturated heterocycles. The summed E-state index contributed by atoms with van der Waals surface area (Å²) in [5.74, 6) is -0.590. The molecule has 2 aromatic heterocycles. The van der Waals surface area contributed by atoms with Crippen LogP contribution in [0.15, 0.2) is 105 Å². The molecule has 0 fully saturated rings. The molecular formula is C36H26N4O4S2. The van der Waals surface area contributed by atoms with Crippen molar-refractivity contribution in [3.8, 4) is 0 Å². The molecule has 0 radical (unpaired) electrons. The van der Waals surface area contributed by atoms with Gasteiger partial charge < -0.3 is 9.32 Å². The van der Waals surface area contributed by atoms with Gasteiger partial charge in [-0.05, 0) is 59.5 Å². The SMILES string of the molecule is C=CCN1C(=O)C2(c3ccccc31)c1c(oc3cc(C)c(C)cc3c1=O)C(=O)N2c1nnc(SCc2cccc3ccccc23)s1. The van der Waals surface area contributed by atoms with E-state index in [4.69, 9.17) is 4.42 Å². The Bertz CT molecular complexity index is 2340. The van der Waals surface area contributed by atoms with Gasteiger partial charge in [0.05, 0.1) is 16.6 Å². The van der Waals surface area contributed by atoms with Crippen LogP contribution in [0, 0.1) is 13.8 Å². The molecule has 46 heavy (non-hydrogen) atoms. The maximum Gasteiger partial charge on any atom is 0.297 e. The minimum atomic E-state index is -1.82. The second-order valence-corrected chi connectivity index (χ2v) is 13.6. The predicted molar refractivity (Wildman–Crippen MR) is 182 cm³/mol. The van der Waals surface area contributed by atoms with Gasteiger partial charge in [0.2, 0.25) is 10.9 Å². The van der Waals surface area contributed by atoms with Crippen molar-refractivity contribution < 1.29 is 14.0 Å².